The number of nitrogens with zero attached hydrogens (tertiary/aromatic N) is 5. The smallest absolute Gasteiger partial charge is 0.230 e. The molecule has 0 saturated carbocycles. The summed E-state index contributed by atoms with van der Waals surface area (Å²) in [7, 11) is 7.72. The van der Waals surface area contributed by atoms with Crippen LogP contribution in [-0.4, -0.2) is 85.2 Å². The van der Waals surface area contributed by atoms with Gasteiger partial charge >= 0.3 is 0 Å². The van der Waals surface area contributed by atoms with E-state index in [1.807, 2.05) is 35.1 Å². The molecule has 3 aromatic rings. The van der Waals surface area contributed by atoms with E-state index in [1.54, 1.807) is 29.3 Å². The van der Waals surface area contributed by atoms with Crippen LogP contribution in [0.4, 0.5) is 10.3 Å². The Morgan fingerprint density at radius 1 is 1.14 bits per heavy atom. The minimum absolute atomic E-state index is 0.103. The maximum Gasteiger partial charge on any atom is 0.230 e. The molecular weight excluding hydrogens is 477 g/mol. The summed E-state index contributed by atoms with van der Waals surface area (Å²) in [5.41, 5.74) is 1.73. The van der Waals surface area contributed by atoms with E-state index < -0.39 is 11.7 Å². The van der Waals surface area contributed by atoms with Crippen LogP contribution in [0.1, 0.15) is 25.5 Å². The Morgan fingerprint density at radius 3 is 2.49 bits per heavy atom. The number of nitrogens with one attached hydrogen (secondary N) is 2. The van der Waals surface area contributed by atoms with Gasteiger partial charge in [-0.05, 0) is 64.3 Å². The van der Waals surface area contributed by atoms with Gasteiger partial charge in [0.2, 0.25) is 18.1 Å². The molecule has 11 heteroatoms. The molecule has 1 aliphatic heterocycles. The number of aromatic nitrogens is 4. The second-order valence-corrected chi connectivity index (χ2v) is 9.92. The number of carbonyl (C=O) groups excluding carboxylic acids is 1. The van der Waals surface area contributed by atoms with Gasteiger partial charge in [0.15, 0.2) is 5.82 Å². The fourth-order valence-corrected chi connectivity index (χ4v) is 3.92. The van der Waals surface area contributed by atoms with Gasteiger partial charge < -0.3 is 29.6 Å². The van der Waals surface area contributed by atoms with E-state index in [0.717, 1.165) is 13.0 Å². The first-order valence-electron chi connectivity index (χ1n) is 12.2. The summed E-state index contributed by atoms with van der Waals surface area (Å²) in [6.45, 7) is 3.67. The van der Waals surface area contributed by atoms with Crippen LogP contribution in [0.3, 0.4) is 0 Å². The Hall–Kier alpha value is -3.41. The van der Waals surface area contributed by atoms with E-state index in [1.165, 1.54) is 12.1 Å². The summed E-state index contributed by atoms with van der Waals surface area (Å²) in [5.74, 6) is 0.536. The number of aromatic amines is 1. The fourth-order valence-electron chi connectivity index (χ4n) is 3.92. The molecule has 0 aliphatic carbocycles. The predicted molar refractivity (Wildman–Crippen MR) is 138 cm³/mol. The molecule has 0 spiro atoms. The van der Waals surface area contributed by atoms with Gasteiger partial charge in [0.25, 0.3) is 0 Å². The molecule has 1 saturated heterocycles. The summed E-state index contributed by atoms with van der Waals surface area (Å²) in [6.07, 6.45) is 1.74. The summed E-state index contributed by atoms with van der Waals surface area (Å²) < 4.78 is 25.6. The van der Waals surface area contributed by atoms with Gasteiger partial charge in [-0.2, -0.15) is 0 Å². The molecule has 3 heterocycles. The Kier molecular flexibility index (Phi) is 8.16. The lowest BCUT2D eigenvalue weighted by atomic mass is 9.91. The summed E-state index contributed by atoms with van der Waals surface area (Å²) >= 11 is 0. The first-order valence-corrected chi connectivity index (χ1v) is 12.2. The lowest BCUT2D eigenvalue weighted by Gasteiger charge is -2.35. The molecule has 37 heavy (non-hydrogen) atoms. The van der Waals surface area contributed by atoms with Gasteiger partial charge in [-0.15, -0.1) is 0 Å². The van der Waals surface area contributed by atoms with Crippen molar-refractivity contribution in [1.82, 2.24) is 30.2 Å². The van der Waals surface area contributed by atoms with E-state index in [0.29, 0.717) is 41.0 Å². The number of amides is 1. The van der Waals surface area contributed by atoms with Crippen LogP contribution in [0.15, 0.2) is 36.5 Å². The molecule has 10 nitrogen and oxygen atoms in total. The number of hydrogen-bond donors (Lipinski definition) is 2. The number of imidazole rings is 1. The second-order valence-electron chi connectivity index (χ2n) is 9.92. The largest absolute Gasteiger partial charge is 0.355 e. The Labute approximate surface area is 216 Å². The SMILES string of the molecule is CN(C)CCCNC(=O)C1(C)COC(c2nc(-c3ccc(F)cc3)c(-c3ccnc(N(C)C)n3)[nH]2)OC1. The standard InChI is InChI=1S/C26H34FN7O3/c1-26(24(35)28-12-6-14-33(2)3)15-36-23(37-16-26)22-31-20(17-7-9-18(27)10-8-17)21(32-22)19-11-13-29-25(30-19)34(4)5/h7-11,13,23H,6,12,14-16H2,1-5H3,(H,28,35)(H,31,32). The van der Waals surface area contributed by atoms with Crippen molar-refractivity contribution in [3.8, 4) is 22.6 Å². The topological polar surface area (TPSA) is 109 Å². The third-order valence-corrected chi connectivity index (χ3v) is 6.08. The maximum atomic E-state index is 13.6. The van der Waals surface area contributed by atoms with E-state index in [2.05, 4.69) is 25.2 Å². The van der Waals surface area contributed by atoms with Crippen LogP contribution in [0.5, 0.6) is 0 Å². The molecule has 0 bridgehead atoms. The molecule has 0 unspecified atom stereocenters. The molecule has 1 aromatic carbocycles. The average Bonchev–Trinajstić information content (AvgIpc) is 3.33. The molecule has 2 aromatic heterocycles. The van der Waals surface area contributed by atoms with Crippen molar-refractivity contribution in [3.63, 3.8) is 0 Å². The number of anilines is 1. The summed E-state index contributed by atoms with van der Waals surface area (Å²) in [5, 5.41) is 2.98. The number of rotatable bonds is 9. The van der Waals surface area contributed by atoms with Crippen molar-refractivity contribution in [2.45, 2.75) is 19.6 Å². The van der Waals surface area contributed by atoms with E-state index in [4.69, 9.17) is 14.5 Å². The number of hydrogen-bond acceptors (Lipinski definition) is 8. The number of halogens is 1. The lowest BCUT2D eigenvalue weighted by molar-refractivity contribution is -0.231. The van der Waals surface area contributed by atoms with Crippen LogP contribution >= 0.6 is 0 Å². The minimum Gasteiger partial charge on any atom is -0.355 e. The molecule has 1 amide bonds. The van der Waals surface area contributed by atoms with Crippen molar-refractivity contribution < 1.29 is 18.7 Å². The third kappa shape index (κ3) is 6.30. The molecule has 1 aliphatic rings. The van der Waals surface area contributed by atoms with Crippen molar-refractivity contribution in [1.29, 1.82) is 0 Å². The third-order valence-electron chi connectivity index (χ3n) is 6.08. The van der Waals surface area contributed by atoms with Gasteiger partial charge in [-0.25, -0.2) is 19.3 Å². The average molecular weight is 512 g/mol. The van der Waals surface area contributed by atoms with E-state index in [9.17, 15) is 9.18 Å². The van der Waals surface area contributed by atoms with Crippen molar-refractivity contribution >= 4 is 11.9 Å². The summed E-state index contributed by atoms with van der Waals surface area (Å²) in [4.78, 5) is 33.6. The fraction of sp³-hybridized carbons (Fsp3) is 0.462. The quantitative estimate of drug-likeness (QED) is 0.422. The zero-order valence-corrected chi connectivity index (χ0v) is 21.9. The number of carbonyl (C=O) groups is 1. The molecule has 4 rings (SSSR count). The maximum absolute atomic E-state index is 13.6. The highest BCUT2D eigenvalue weighted by Gasteiger charge is 2.40. The molecule has 1 fully saturated rings. The second kappa shape index (κ2) is 11.3. The van der Waals surface area contributed by atoms with Crippen LogP contribution in [-0.2, 0) is 14.3 Å². The summed E-state index contributed by atoms with van der Waals surface area (Å²) in [6, 6.07) is 7.86. The van der Waals surface area contributed by atoms with Crippen molar-refractivity contribution in [2.75, 3.05) is 59.4 Å². The van der Waals surface area contributed by atoms with E-state index in [-0.39, 0.29) is 24.9 Å². The van der Waals surface area contributed by atoms with Crippen molar-refractivity contribution in [3.05, 3.63) is 48.2 Å². The number of H-pyrrole nitrogens is 1. The zero-order valence-electron chi connectivity index (χ0n) is 21.9. The highest BCUT2D eigenvalue weighted by Crippen LogP contribution is 2.35. The zero-order chi connectivity index (χ0) is 26.6. The first-order chi connectivity index (χ1) is 17.7. The van der Waals surface area contributed by atoms with Gasteiger partial charge in [-0.1, -0.05) is 0 Å². The van der Waals surface area contributed by atoms with Gasteiger partial charge in [0, 0.05) is 32.4 Å². The Balaban J connectivity index is 1.54. The van der Waals surface area contributed by atoms with Crippen molar-refractivity contribution in [2.24, 2.45) is 5.41 Å². The van der Waals surface area contributed by atoms with E-state index >= 15 is 0 Å². The molecule has 0 radical (unpaired) electrons. The van der Waals surface area contributed by atoms with Crippen LogP contribution in [0.2, 0.25) is 0 Å². The lowest BCUT2D eigenvalue weighted by Crippen LogP contribution is -2.49. The number of benzene rings is 1. The van der Waals surface area contributed by atoms with Crippen LogP contribution in [0.25, 0.3) is 22.6 Å². The van der Waals surface area contributed by atoms with Gasteiger partial charge in [-0.3, -0.25) is 4.79 Å². The van der Waals surface area contributed by atoms with Gasteiger partial charge in [0.05, 0.1) is 35.7 Å². The van der Waals surface area contributed by atoms with Gasteiger partial charge in [0.1, 0.15) is 5.82 Å². The normalized spacial score (nSPS) is 19.7. The molecule has 0 atom stereocenters. The highest BCUT2D eigenvalue weighted by molar-refractivity contribution is 5.82. The van der Waals surface area contributed by atoms with Crippen LogP contribution < -0.4 is 10.2 Å². The molecular formula is C26H34FN7O3. The molecule has 2 N–H and O–H groups in total. The number of ether oxygens (including phenoxy) is 2. The predicted octanol–water partition coefficient (Wildman–Crippen LogP) is 2.86. The highest BCUT2D eigenvalue weighted by atomic mass is 19.1. The van der Waals surface area contributed by atoms with Crippen LogP contribution in [0, 0.1) is 11.2 Å². The first kappa shape index (κ1) is 26.6. The Bertz CT molecular complexity index is 1210. The monoisotopic (exact) mass is 511 g/mol. The minimum atomic E-state index is -0.808. The molecule has 198 valence electrons. The Morgan fingerprint density at radius 2 is 1.84 bits per heavy atom.